The fourth-order valence-electron chi connectivity index (χ4n) is 3.40. The van der Waals surface area contributed by atoms with Gasteiger partial charge in [0, 0.05) is 21.7 Å². The number of benzene rings is 2. The Balaban J connectivity index is 1.96. The van der Waals surface area contributed by atoms with Gasteiger partial charge in [-0.2, -0.15) is 5.10 Å². The van der Waals surface area contributed by atoms with E-state index in [-0.39, 0.29) is 0 Å². The molecule has 0 unspecified atom stereocenters. The normalized spacial score (nSPS) is 11.8. The second kappa shape index (κ2) is 4.68. The first-order valence-electron chi connectivity index (χ1n) is 7.96. The first-order valence-corrected chi connectivity index (χ1v) is 7.96. The Morgan fingerprint density at radius 1 is 0.875 bits per heavy atom. The Morgan fingerprint density at radius 3 is 2.38 bits per heavy atom. The number of hydrogen-bond acceptors (Lipinski definition) is 3. The number of hydrogen-bond donors (Lipinski definition) is 1. The number of aromatic nitrogens is 3. The highest BCUT2D eigenvalue weighted by atomic mass is 16.3. The molecule has 3 aromatic heterocycles. The molecule has 0 fully saturated rings. The molecule has 2 aromatic carbocycles. The molecule has 0 atom stereocenters. The zero-order valence-electron chi connectivity index (χ0n) is 13.4. The molecule has 0 saturated carbocycles. The number of H-pyrrole nitrogens is 1. The zero-order valence-corrected chi connectivity index (χ0v) is 13.4. The van der Waals surface area contributed by atoms with Crippen molar-refractivity contribution in [1.82, 2.24) is 15.2 Å². The molecule has 3 heterocycles. The molecule has 0 aliphatic heterocycles. The molecular formula is C20H15N3O. The number of aromatic amines is 1. The minimum absolute atomic E-state index is 0.829. The van der Waals surface area contributed by atoms with Crippen LogP contribution in [0.3, 0.4) is 0 Å². The number of aryl methyl sites for hydroxylation is 2. The van der Waals surface area contributed by atoms with E-state index < -0.39 is 0 Å². The Morgan fingerprint density at radius 2 is 1.58 bits per heavy atom. The molecule has 0 spiro atoms. The van der Waals surface area contributed by atoms with Crippen molar-refractivity contribution in [3.05, 3.63) is 59.8 Å². The lowest BCUT2D eigenvalue weighted by Gasteiger charge is -2.06. The second-order valence-corrected chi connectivity index (χ2v) is 6.09. The summed E-state index contributed by atoms with van der Waals surface area (Å²) in [4.78, 5) is 4.90. The van der Waals surface area contributed by atoms with E-state index in [9.17, 15) is 0 Å². The molecule has 0 saturated heterocycles. The molecule has 1 N–H and O–H groups in total. The molecule has 5 rings (SSSR count). The van der Waals surface area contributed by atoms with E-state index in [4.69, 9.17) is 9.40 Å². The molecule has 24 heavy (non-hydrogen) atoms. The molecule has 0 amide bonds. The van der Waals surface area contributed by atoms with Crippen LogP contribution < -0.4 is 0 Å². The summed E-state index contributed by atoms with van der Waals surface area (Å²) >= 11 is 0. The Labute approximate surface area is 138 Å². The fraction of sp³-hybridized carbons (Fsp3) is 0.100. The van der Waals surface area contributed by atoms with Crippen LogP contribution in [0.25, 0.3) is 44.2 Å². The van der Waals surface area contributed by atoms with E-state index in [1.165, 1.54) is 0 Å². The van der Waals surface area contributed by atoms with Crippen molar-refractivity contribution in [3.63, 3.8) is 0 Å². The van der Waals surface area contributed by atoms with Gasteiger partial charge in [0.05, 0.1) is 11.2 Å². The average Bonchev–Trinajstić information content (AvgIpc) is 3.15. The summed E-state index contributed by atoms with van der Waals surface area (Å²) in [6.45, 7) is 4.06. The lowest BCUT2D eigenvalue weighted by atomic mass is 10.0. The van der Waals surface area contributed by atoms with Crippen molar-refractivity contribution in [1.29, 1.82) is 0 Å². The van der Waals surface area contributed by atoms with Crippen LogP contribution in [-0.4, -0.2) is 15.2 Å². The largest absolute Gasteiger partial charge is 0.454 e. The average molecular weight is 313 g/mol. The van der Waals surface area contributed by atoms with Gasteiger partial charge in [-0.3, -0.25) is 5.10 Å². The smallest absolute Gasteiger partial charge is 0.157 e. The number of rotatable bonds is 1. The molecule has 116 valence electrons. The van der Waals surface area contributed by atoms with Gasteiger partial charge in [0.1, 0.15) is 16.8 Å². The van der Waals surface area contributed by atoms with Crippen molar-refractivity contribution in [2.24, 2.45) is 0 Å². The number of para-hydroxylation sites is 1. The molecular weight excluding hydrogens is 298 g/mol. The Hall–Kier alpha value is -3.14. The SMILES string of the molecule is Cc1c(-c2nc3c(C)n[nH]c3c3ccccc23)oc2ccccc12. The number of nitrogens with one attached hydrogen (secondary N) is 1. The topological polar surface area (TPSA) is 54.7 Å². The lowest BCUT2D eigenvalue weighted by molar-refractivity contribution is 0.627. The third-order valence-corrected chi connectivity index (χ3v) is 4.65. The maximum absolute atomic E-state index is 6.17. The molecule has 4 nitrogen and oxygen atoms in total. The van der Waals surface area contributed by atoms with Gasteiger partial charge in [-0.15, -0.1) is 0 Å². The minimum Gasteiger partial charge on any atom is -0.454 e. The number of nitrogens with zero attached hydrogens (tertiary/aromatic N) is 2. The van der Waals surface area contributed by atoms with Crippen LogP contribution in [-0.2, 0) is 0 Å². The van der Waals surface area contributed by atoms with Crippen LogP contribution in [0.2, 0.25) is 0 Å². The maximum Gasteiger partial charge on any atom is 0.157 e. The summed E-state index contributed by atoms with van der Waals surface area (Å²) in [5.74, 6) is 0.829. The van der Waals surface area contributed by atoms with Gasteiger partial charge in [0.15, 0.2) is 5.76 Å². The fourth-order valence-corrected chi connectivity index (χ4v) is 3.40. The van der Waals surface area contributed by atoms with E-state index in [2.05, 4.69) is 35.3 Å². The summed E-state index contributed by atoms with van der Waals surface area (Å²) in [6, 6.07) is 16.3. The predicted octanol–water partition coefficient (Wildman–Crippen LogP) is 5.14. The van der Waals surface area contributed by atoms with Gasteiger partial charge in [0.2, 0.25) is 0 Å². The summed E-state index contributed by atoms with van der Waals surface area (Å²) < 4.78 is 6.17. The number of pyridine rings is 1. The van der Waals surface area contributed by atoms with Crippen molar-refractivity contribution in [2.75, 3.05) is 0 Å². The van der Waals surface area contributed by atoms with Crippen LogP contribution in [0.4, 0.5) is 0 Å². The third kappa shape index (κ3) is 1.68. The molecule has 0 aliphatic carbocycles. The summed E-state index contributed by atoms with van der Waals surface area (Å²) in [5, 5.41) is 10.7. The standard InChI is InChI=1S/C20H15N3O/c1-11-13-7-5-6-10-16(13)24-20(11)19-15-9-4-3-8-14(15)18-17(21-19)12(2)22-23-18/h3-10H,1-2H3,(H,22,23). The van der Waals surface area contributed by atoms with E-state index in [0.29, 0.717) is 0 Å². The van der Waals surface area contributed by atoms with Crippen molar-refractivity contribution < 1.29 is 4.42 Å². The highest BCUT2D eigenvalue weighted by Gasteiger charge is 2.19. The van der Waals surface area contributed by atoms with Crippen molar-refractivity contribution in [2.45, 2.75) is 13.8 Å². The number of furan rings is 1. The Bertz CT molecular complexity index is 1230. The predicted molar refractivity (Wildman–Crippen MR) is 96.1 cm³/mol. The third-order valence-electron chi connectivity index (χ3n) is 4.65. The van der Waals surface area contributed by atoms with Crippen molar-refractivity contribution in [3.8, 4) is 11.5 Å². The highest BCUT2D eigenvalue weighted by Crippen LogP contribution is 2.37. The van der Waals surface area contributed by atoms with Crippen LogP contribution in [0.1, 0.15) is 11.3 Å². The first kappa shape index (κ1) is 13.3. The van der Waals surface area contributed by atoms with Gasteiger partial charge < -0.3 is 4.42 Å². The molecule has 0 aliphatic rings. The van der Waals surface area contributed by atoms with Crippen LogP contribution in [0.15, 0.2) is 52.9 Å². The Kier molecular flexibility index (Phi) is 2.59. The summed E-state index contributed by atoms with van der Waals surface area (Å²) in [7, 11) is 0. The van der Waals surface area contributed by atoms with Crippen LogP contribution >= 0.6 is 0 Å². The van der Waals surface area contributed by atoms with Crippen LogP contribution in [0, 0.1) is 13.8 Å². The van der Waals surface area contributed by atoms with Gasteiger partial charge in [-0.05, 0) is 19.9 Å². The molecule has 5 aromatic rings. The van der Waals surface area contributed by atoms with E-state index in [1.807, 2.05) is 37.3 Å². The number of fused-ring (bicyclic) bond motifs is 4. The summed E-state index contributed by atoms with van der Waals surface area (Å²) in [5.41, 5.74) is 5.63. The molecule has 0 radical (unpaired) electrons. The summed E-state index contributed by atoms with van der Waals surface area (Å²) in [6.07, 6.45) is 0. The van der Waals surface area contributed by atoms with Gasteiger partial charge in [-0.1, -0.05) is 42.5 Å². The minimum atomic E-state index is 0.829. The first-order chi connectivity index (χ1) is 11.7. The second-order valence-electron chi connectivity index (χ2n) is 6.09. The molecule has 0 bridgehead atoms. The quantitative estimate of drug-likeness (QED) is 0.466. The molecule has 4 heteroatoms. The monoisotopic (exact) mass is 313 g/mol. The van der Waals surface area contributed by atoms with Gasteiger partial charge in [0.25, 0.3) is 0 Å². The van der Waals surface area contributed by atoms with E-state index >= 15 is 0 Å². The van der Waals surface area contributed by atoms with Crippen LogP contribution in [0.5, 0.6) is 0 Å². The lowest BCUT2D eigenvalue weighted by Crippen LogP contribution is -1.89. The van der Waals surface area contributed by atoms with Gasteiger partial charge in [-0.25, -0.2) is 4.98 Å². The van der Waals surface area contributed by atoms with E-state index in [1.54, 1.807) is 0 Å². The van der Waals surface area contributed by atoms with Gasteiger partial charge >= 0.3 is 0 Å². The maximum atomic E-state index is 6.17. The highest BCUT2D eigenvalue weighted by molar-refractivity contribution is 6.10. The zero-order chi connectivity index (χ0) is 16.3. The van der Waals surface area contributed by atoms with E-state index in [0.717, 1.165) is 55.5 Å². The van der Waals surface area contributed by atoms with Crippen molar-refractivity contribution >= 4 is 32.8 Å².